The summed E-state index contributed by atoms with van der Waals surface area (Å²) in [6.45, 7) is 1.79. The van der Waals surface area contributed by atoms with E-state index >= 15 is 0 Å². The molecule has 3 aromatic rings. The summed E-state index contributed by atoms with van der Waals surface area (Å²) in [6, 6.07) is 4.84. The molecule has 0 saturated heterocycles. The van der Waals surface area contributed by atoms with Crippen LogP contribution in [0.2, 0.25) is 0 Å². The van der Waals surface area contributed by atoms with E-state index in [1.165, 1.54) is 23.1 Å². The van der Waals surface area contributed by atoms with Crippen LogP contribution in [-0.2, 0) is 0 Å². The van der Waals surface area contributed by atoms with Gasteiger partial charge in [0, 0.05) is 23.8 Å². The lowest BCUT2D eigenvalue weighted by atomic mass is 9.93. The molecule has 1 fully saturated rings. The number of rotatable bonds is 3. The highest BCUT2D eigenvalue weighted by Crippen LogP contribution is 2.23. The Labute approximate surface area is 155 Å². The normalized spacial score (nSPS) is 20.0. The SMILES string of the molecule is Cc1nn(-c2ncc(C(=O)NC3CCC(O)CC3)cn2)c2c(F)cccc12. The molecule has 27 heavy (non-hydrogen) atoms. The molecule has 140 valence electrons. The number of aromatic nitrogens is 4. The summed E-state index contributed by atoms with van der Waals surface area (Å²) in [5.41, 5.74) is 1.32. The summed E-state index contributed by atoms with van der Waals surface area (Å²) >= 11 is 0. The van der Waals surface area contributed by atoms with Gasteiger partial charge in [0.15, 0.2) is 0 Å². The third-order valence-electron chi connectivity index (χ3n) is 4.96. The first-order valence-corrected chi connectivity index (χ1v) is 8.98. The second kappa shape index (κ2) is 7.03. The van der Waals surface area contributed by atoms with Crippen LogP contribution in [-0.4, -0.2) is 42.9 Å². The van der Waals surface area contributed by atoms with Gasteiger partial charge in [-0.05, 0) is 38.7 Å². The van der Waals surface area contributed by atoms with E-state index in [0.29, 0.717) is 35.0 Å². The number of nitrogens with one attached hydrogen (secondary N) is 1. The quantitative estimate of drug-likeness (QED) is 0.739. The van der Waals surface area contributed by atoms with E-state index in [-0.39, 0.29) is 24.0 Å². The molecule has 8 heteroatoms. The Bertz CT molecular complexity index is 978. The average molecular weight is 369 g/mol. The minimum atomic E-state index is -0.405. The molecule has 1 aliphatic rings. The van der Waals surface area contributed by atoms with Crippen LogP contribution >= 0.6 is 0 Å². The van der Waals surface area contributed by atoms with Crippen molar-refractivity contribution in [3.05, 3.63) is 47.7 Å². The zero-order valence-electron chi connectivity index (χ0n) is 14.9. The Kier molecular flexibility index (Phi) is 4.57. The summed E-state index contributed by atoms with van der Waals surface area (Å²) in [4.78, 5) is 20.8. The molecule has 2 N–H and O–H groups in total. The predicted molar refractivity (Wildman–Crippen MR) is 97.1 cm³/mol. The first-order chi connectivity index (χ1) is 13.0. The number of aliphatic hydroxyl groups excluding tert-OH is 1. The molecule has 0 atom stereocenters. The molecule has 1 aliphatic carbocycles. The van der Waals surface area contributed by atoms with Crippen molar-refractivity contribution < 1.29 is 14.3 Å². The molecule has 2 aromatic heterocycles. The Morgan fingerprint density at radius 3 is 2.63 bits per heavy atom. The zero-order valence-corrected chi connectivity index (χ0v) is 14.9. The fourth-order valence-corrected chi connectivity index (χ4v) is 3.46. The topological polar surface area (TPSA) is 92.9 Å². The first kappa shape index (κ1) is 17.5. The summed E-state index contributed by atoms with van der Waals surface area (Å²) < 4.78 is 15.6. The molecule has 7 nitrogen and oxygen atoms in total. The lowest BCUT2D eigenvalue weighted by Crippen LogP contribution is -2.38. The molecule has 0 radical (unpaired) electrons. The van der Waals surface area contributed by atoms with Gasteiger partial charge in [-0.25, -0.2) is 14.4 Å². The maximum Gasteiger partial charge on any atom is 0.254 e. The summed E-state index contributed by atoms with van der Waals surface area (Å²) in [5.74, 6) is -0.454. The van der Waals surface area contributed by atoms with Gasteiger partial charge in [0.2, 0.25) is 0 Å². The summed E-state index contributed by atoms with van der Waals surface area (Å²) in [6.07, 6.45) is 5.45. The van der Waals surface area contributed by atoms with Crippen LogP contribution in [0.4, 0.5) is 4.39 Å². The van der Waals surface area contributed by atoms with Crippen molar-refractivity contribution in [2.24, 2.45) is 0 Å². The molecule has 4 rings (SSSR count). The highest BCUT2D eigenvalue weighted by Gasteiger charge is 2.22. The standard InChI is InChI=1S/C19H20FN5O2/c1-11-15-3-2-4-16(20)17(15)25(24-11)19-21-9-12(10-22-19)18(27)23-13-5-7-14(26)8-6-13/h2-4,9-10,13-14,26H,5-8H2,1H3,(H,23,27). The van der Waals surface area contributed by atoms with Gasteiger partial charge in [-0.3, -0.25) is 4.79 Å². The fraction of sp³-hybridized carbons (Fsp3) is 0.368. The number of fused-ring (bicyclic) bond motifs is 1. The predicted octanol–water partition coefficient (Wildman–Crippen LogP) is 2.30. The second-order valence-electron chi connectivity index (χ2n) is 6.88. The van der Waals surface area contributed by atoms with E-state index in [0.717, 1.165) is 12.8 Å². The van der Waals surface area contributed by atoms with Crippen LogP contribution in [0.25, 0.3) is 16.9 Å². The fourth-order valence-electron chi connectivity index (χ4n) is 3.46. The zero-order chi connectivity index (χ0) is 19.0. The highest BCUT2D eigenvalue weighted by atomic mass is 19.1. The number of carbonyl (C=O) groups is 1. The molecule has 1 aromatic carbocycles. The van der Waals surface area contributed by atoms with E-state index in [1.54, 1.807) is 19.1 Å². The maximum absolute atomic E-state index is 14.2. The van der Waals surface area contributed by atoms with Gasteiger partial charge < -0.3 is 10.4 Å². The molecular formula is C19H20FN5O2. The molecule has 1 saturated carbocycles. The number of halogens is 1. The van der Waals surface area contributed by atoms with Gasteiger partial charge in [-0.15, -0.1) is 0 Å². The summed E-state index contributed by atoms with van der Waals surface area (Å²) in [7, 11) is 0. The van der Waals surface area contributed by atoms with Gasteiger partial charge in [0.05, 0.1) is 17.4 Å². The minimum absolute atomic E-state index is 0.0485. The maximum atomic E-state index is 14.2. The van der Waals surface area contributed by atoms with E-state index in [1.807, 2.05) is 0 Å². The van der Waals surface area contributed by atoms with Crippen LogP contribution in [0.15, 0.2) is 30.6 Å². The number of aliphatic hydroxyl groups is 1. The Hall–Kier alpha value is -2.87. The van der Waals surface area contributed by atoms with Crippen molar-refractivity contribution in [2.45, 2.75) is 44.8 Å². The molecule has 0 spiro atoms. The highest BCUT2D eigenvalue weighted by molar-refractivity contribution is 5.93. The van der Waals surface area contributed by atoms with Crippen molar-refractivity contribution in [2.75, 3.05) is 0 Å². The lowest BCUT2D eigenvalue weighted by molar-refractivity contribution is 0.0867. The van der Waals surface area contributed by atoms with Crippen LogP contribution in [0.1, 0.15) is 41.7 Å². The van der Waals surface area contributed by atoms with Crippen LogP contribution in [0, 0.1) is 12.7 Å². The van der Waals surface area contributed by atoms with E-state index < -0.39 is 5.82 Å². The largest absolute Gasteiger partial charge is 0.393 e. The number of benzene rings is 1. The van der Waals surface area contributed by atoms with Crippen LogP contribution in [0.3, 0.4) is 0 Å². The van der Waals surface area contributed by atoms with Gasteiger partial charge in [-0.1, -0.05) is 12.1 Å². The van der Waals surface area contributed by atoms with Gasteiger partial charge in [-0.2, -0.15) is 9.78 Å². The van der Waals surface area contributed by atoms with Crippen molar-refractivity contribution in [1.82, 2.24) is 25.1 Å². The van der Waals surface area contributed by atoms with E-state index in [4.69, 9.17) is 0 Å². The van der Waals surface area contributed by atoms with Gasteiger partial charge >= 0.3 is 0 Å². The molecule has 0 unspecified atom stereocenters. The Balaban J connectivity index is 1.55. The van der Waals surface area contributed by atoms with Crippen LogP contribution in [0.5, 0.6) is 0 Å². The number of nitrogens with zero attached hydrogens (tertiary/aromatic N) is 4. The third-order valence-corrected chi connectivity index (χ3v) is 4.96. The molecule has 2 heterocycles. The van der Waals surface area contributed by atoms with E-state index in [9.17, 15) is 14.3 Å². The van der Waals surface area contributed by atoms with E-state index in [2.05, 4.69) is 20.4 Å². The second-order valence-corrected chi connectivity index (χ2v) is 6.88. The number of para-hydroxylation sites is 1. The number of carbonyl (C=O) groups excluding carboxylic acids is 1. The first-order valence-electron chi connectivity index (χ1n) is 8.98. The molecular weight excluding hydrogens is 349 g/mol. The average Bonchev–Trinajstić information content (AvgIpc) is 3.02. The van der Waals surface area contributed by atoms with Crippen molar-refractivity contribution in [3.8, 4) is 5.95 Å². The number of hydrogen-bond donors (Lipinski definition) is 2. The van der Waals surface area contributed by atoms with Crippen LogP contribution < -0.4 is 5.32 Å². The number of hydrogen-bond acceptors (Lipinski definition) is 5. The third kappa shape index (κ3) is 3.40. The Morgan fingerprint density at radius 2 is 1.93 bits per heavy atom. The lowest BCUT2D eigenvalue weighted by Gasteiger charge is -2.26. The number of aryl methyl sites for hydroxylation is 1. The molecule has 0 aliphatic heterocycles. The van der Waals surface area contributed by atoms with Crippen molar-refractivity contribution in [3.63, 3.8) is 0 Å². The van der Waals surface area contributed by atoms with Gasteiger partial charge in [0.25, 0.3) is 11.9 Å². The van der Waals surface area contributed by atoms with Gasteiger partial charge in [0.1, 0.15) is 11.3 Å². The van der Waals surface area contributed by atoms with Crippen molar-refractivity contribution >= 4 is 16.8 Å². The molecule has 0 bridgehead atoms. The van der Waals surface area contributed by atoms with Crippen molar-refractivity contribution in [1.29, 1.82) is 0 Å². The smallest absolute Gasteiger partial charge is 0.254 e. The Morgan fingerprint density at radius 1 is 1.22 bits per heavy atom. The minimum Gasteiger partial charge on any atom is -0.393 e. The number of amides is 1. The monoisotopic (exact) mass is 369 g/mol. The molecule has 1 amide bonds. The summed E-state index contributed by atoms with van der Waals surface area (Å²) in [5, 5.41) is 17.5.